The van der Waals surface area contributed by atoms with Gasteiger partial charge in [-0.1, -0.05) is 17.7 Å². The number of carbonyl (C=O) groups is 2. The van der Waals surface area contributed by atoms with Crippen molar-refractivity contribution in [1.82, 2.24) is 4.90 Å². The van der Waals surface area contributed by atoms with Crippen molar-refractivity contribution in [2.45, 2.75) is 38.8 Å². The summed E-state index contributed by atoms with van der Waals surface area (Å²) in [7, 11) is 2.99. The van der Waals surface area contributed by atoms with E-state index >= 15 is 0 Å². The molecule has 1 atom stereocenters. The lowest BCUT2D eigenvalue weighted by molar-refractivity contribution is -0.117. The quantitative estimate of drug-likeness (QED) is 0.792. The number of nitrogens with zero attached hydrogens (tertiary/aromatic N) is 1. The standard InChI is InChI=1S/C16H22ClNO4/c1-15(2,3)22-14(20)18(5)16(4,10-19)12-8-7-11(17)9-13(12)21-6/h7-10H,1-6H3. The Balaban J connectivity index is 3.26. The van der Waals surface area contributed by atoms with Crippen molar-refractivity contribution in [2.24, 2.45) is 0 Å². The van der Waals surface area contributed by atoms with E-state index in [1.165, 1.54) is 19.1 Å². The minimum Gasteiger partial charge on any atom is -0.496 e. The van der Waals surface area contributed by atoms with Gasteiger partial charge in [0.1, 0.15) is 23.2 Å². The number of rotatable bonds is 4. The summed E-state index contributed by atoms with van der Waals surface area (Å²) in [6.45, 7) is 6.91. The van der Waals surface area contributed by atoms with E-state index < -0.39 is 17.2 Å². The van der Waals surface area contributed by atoms with Crippen LogP contribution in [0.25, 0.3) is 0 Å². The van der Waals surface area contributed by atoms with Gasteiger partial charge >= 0.3 is 6.09 Å². The number of ether oxygens (including phenoxy) is 2. The summed E-state index contributed by atoms with van der Waals surface area (Å²) in [6.07, 6.45) is 0.0852. The zero-order chi connectivity index (χ0) is 17.1. The second kappa shape index (κ2) is 6.57. The number of hydrogen-bond acceptors (Lipinski definition) is 4. The molecule has 22 heavy (non-hydrogen) atoms. The van der Waals surface area contributed by atoms with Crippen LogP contribution in [0.1, 0.15) is 33.3 Å². The molecule has 0 aromatic heterocycles. The van der Waals surface area contributed by atoms with E-state index in [0.29, 0.717) is 22.6 Å². The molecule has 0 saturated heterocycles. The van der Waals surface area contributed by atoms with Gasteiger partial charge in [0.25, 0.3) is 0 Å². The zero-order valence-corrected chi connectivity index (χ0v) is 14.5. The molecular weight excluding hydrogens is 306 g/mol. The van der Waals surface area contributed by atoms with Gasteiger partial charge in [0.15, 0.2) is 0 Å². The summed E-state index contributed by atoms with van der Waals surface area (Å²) < 4.78 is 10.6. The Kier molecular flexibility index (Phi) is 5.46. The summed E-state index contributed by atoms with van der Waals surface area (Å²) >= 11 is 5.94. The Morgan fingerprint density at radius 2 is 1.86 bits per heavy atom. The number of benzene rings is 1. The maximum atomic E-state index is 12.3. The normalized spacial score (nSPS) is 14.0. The van der Waals surface area contributed by atoms with Crippen molar-refractivity contribution in [3.63, 3.8) is 0 Å². The van der Waals surface area contributed by atoms with Gasteiger partial charge in [-0.15, -0.1) is 0 Å². The van der Waals surface area contributed by atoms with Gasteiger partial charge in [0, 0.05) is 17.6 Å². The third kappa shape index (κ3) is 3.91. The minimum atomic E-state index is -1.24. The summed E-state index contributed by atoms with van der Waals surface area (Å²) in [4.78, 5) is 25.3. The average molecular weight is 328 g/mol. The molecule has 0 radical (unpaired) electrons. The van der Waals surface area contributed by atoms with Crippen LogP contribution in [0.4, 0.5) is 4.79 Å². The second-order valence-corrected chi connectivity index (χ2v) is 6.59. The largest absolute Gasteiger partial charge is 0.496 e. The topological polar surface area (TPSA) is 55.8 Å². The number of hydrogen-bond donors (Lipinski definition) is 0. The Morgan fingerprint density at radius 1 is 1.27 bits per heavy atom. The first-order valence-corrected chi connectivity index (χ1v) is 7.20. The van der Waals surface area contributed by atoms with Crippen LogP contribution in [0.2, 0.25) is 5.02 Å². The van der Waals surface area contributed by atoms with Gasteiger partial charge in [0.05, 0.1) is 7.11 Å². The molecular formula is C16H22ClNO4. The predicted octanol–water partition coefficient (Wildman–Crippen LogP) is 3.63. The van der Waals surface area contributed by atoms with E-state index in [-0.39, 0.29) is 0 Å². The Morgan fingerprint density at radius 3 is 2.32 bits per heavy atom. The highest BCUT2D eigenvalue weighted by atomic mass is 35.5. The monoisotopic (exact) mass is 327 g/mol. The fourth-order valence-electron chi connectivity index (χ4n) is 1.93. The predicted molar refractivity (Wildman–Crippen MR) is 85.4 cm³/mol. The van der Waals surface area contributed by atoms with E-state index in [2.05, 4.69) is 0 Å². The average Bonchev–Trinajstić information content (AvgIpc) is 2.43. The van der Waals surface area contributed by atoms with Crippen LogP contribution in [0.5, 0.6) is 5.75 Å². The van der Waals surface area contributed by atoms with Crippen LogP contribution >= 0.6 is 11.6 Å². The summed E-state index contributed by atoms with van der Waals surface area (Å²) in [5.41, 5.74) is -1.36. The maximum absolute atomic E-state index is 12.3. The molecule has 0 aliphatic rings. The third-order valence-corrected chi connectivity index (χ3v) is 3.54. The highest BCUT2D eigenvalue weighted by molar-refractivity contribution is 6.30. The first kappa shape index (κ1) is 18.3. The van der Waals surface area contributed by atoms with E-state index in [1.54, 1.807) is 45.9 Å². The Bertz CT molecular complexity index is 568. The number of methoxy groups -OCH3 is 1. The fraction of sp³-hybridized carbons (Fsp3) is 0.500. The van der Waals surface area contributed by atoms with Crippen LogP contribution < -0.4 is 4.74 Å². The molecule has 1 aromatic carbocycles. The molecule has 0 spiro atoms. The second-order valence-electron chi connectivity index (χ2n) is 6.15. The highest BCUT2D eigenvalue weighted by Crippen LogP contribution is 2.35. The molecule has 1 aromatic rings. The van der Waals surface area contributed by atoms with E-state index in [4.69, 9.17) is 21.1 Å². The van der Waals surface area contributed by atoms with Crippen molar-refractivity contribution in [2.75, 3.05) is 14.2 Å². The van der Waals surface area contributed by atoms with Crippen LogP contribution in [0.15, 0.2) is 18.2 Å². The molecule has 0 saturated carbocycles. The Hall–Kier alpha value is -1.75. The van der Waals surface area contributed by atoms with Crippen molar-refractivity contribution >= 4 is 24.0 Å². The summed E-state index contributed by atoms with van der Waals surface area (Å²) in [6, 6.07) is 4.90. The first-order valence-electron chi connectivity index (χ1n) is 6.82. The molecule has 0 aliphatic carbocycles. The van der Waals surface area contributed by atoms with Gasteiger partial charge in [-0.2, -0.15) is 0 Å². The molecule has 6 heteroatoms. The van der Waals surface area contributed by atoms with Gasteiger partial charge < -0.3 is 14.3 Å². The summed E-state index contributed by atoms with van der Waals surface area (Å²) in [5.74, 6) is 0.428. The molecule has 5 nitrogen and oxygen atoms in total. The van der Waals surface area contributed by atoms with E-state index in [9.17, 15) is 9.59 Å². The minimum absolute atomic E-state index is 0.428. The number of amides is 1. The van der Waals surface area contributed by atoms with Crippen LogP contribution in [-0.4, -0.2) is 37.0 Å². The molecule has 1 rings (SSSR count). The Labute approximate surface area is 136 Å². The molecule has 0 aliphatic heterocycles. The van der Waals surface area contributed by atoms with E-state index in [0.717, 1.165) is 0 Å². The molecule has 1 amide bonds. The number of halogens is 1. The fourth-order valence-corrected chi connectivity index (χ4v) is 2.09. The highest BCUT2D eigenvalue weighted by Gasteiger charge is 2.38. The smallest absolute Gasteiger partial charge is 0.411 e. The van der Waals surface area contributed by atoms with Gasteiger partial charge in [0.2, 0.25) is 0 Å². The molecule has 0 heterocycles. The molecule has 122 valence electrons. The van der Waals surface area contributed by atoms with Crippen molar-refractivity contribution in [3.05, 3.63) is 28.8 Å². The molecule has 0 bridgehead atoms. The SMILES string of the molecule is COc1cc(Cl)ccc1C(C)(C=O)N(C)C(=O)OC(C)(C)C. The van der Waals surface area contributed by atoms with Crippen molar-refractivity contribution < 1.29 is 19.1 Å². The first-order chi connectivity index (χ1) is 10.0. The summed E-state index contributed by atoms with van der Waals surface area (Å²) in [5, 5.41) is 0.480. The molecule has 1 unspecified atom stereocenters. The van der Waals surface area contributed by atoms with Crippen LogP contribution in [0.3, 0.4) is 0 Å². The molecule has 0 fully saturated rings. The lowest BCUT2D eigenvalue weighted by Gasteiger charge is -2.36. The van der Waals surface area contributed by atoms with Crippen LogP contribution in [-0.2, 0) is 15.1 Å². The van der Waals surface area contributed by atoms with Gasteiger partial charge in [-0.05, 0) is 39.8 Å². The van der Waals surface area contributed by atoms with E-state index in [1.807, 2.05) is 0 Å². The molecule has 0 N–H and O–H groups in total. The zero-order valence-electron chi connectivity index (χ0n) is 13.8. The third-order valence-electron chi connectivity index (χ3n) is 3.30. The van der Waals surface area contributed by atoms with Gasteiger partial charge in [-0.3, -0.25) is 4.90 Å². The van der Waals surface area contributed by atoms with Crippen molar-refractivity contribution in [3.8, 4) is 5.75 Å². The lowest BCUT2D eigenvalue weighted by atomic mass is 9.91. The van der Waals surface area contributed by atoms with Crippen LogP contribution in [0, 0.1) is 0 Å². The number of carbonyl (C=O) groups excluding carboxylic acids is 2. The van der Waals surface area contributed by atoms with Gasteiger partial charge in [-0.25, -0.2) is 4.79 Å². The number of aldehydes is 1. The van der Waals surface area contributed by atoms with Crippen molar-refractivity contribution in [1.29, 1.82) is 0 Å². The maximum Gasteiger partial charge on any atom is 0.411 e. The number of likely N-dealkylation sites (N-methyl/N-ethyl adjacent to an activating group) is 1. The lowest BCUT2D eigenvalue weighted by Crippen LogP contribution is -2.48.